The third-order valence-corrected chi connectivity index (χ3v) is 5.29. The number of hydrogen-bond acceptors (Lipinski definition) is 2. The maximum atomic E-state index is 13.0. The summed E-state index contributed by atoms with van der Waals surface area (Å²) in [6.07, 6.45) is 3.38. The first-order valence-corrected chi connectivity index (χ1v) is 9.35. The number of nitrogens with zero attached hydrogens (tertiary/aromatic N) is 3. The Hall–Kier alpha value is -1.52. The monoisotopic (exact) mass is 334 g/mol. The molecule has 0 aromatic carbocycles. The average Bonchev–Trinajstić information content (AvgIpc) is 2.68. The number of anilines is 1. The van der Waals surface area contributed by atoms with Gasteiger partial charge in [-0.2, -0.15) is 5.10 Å². The van der Waals surface area contributed by atoms with Gasteiger partial charge in [0.05, 0.1) is 17.1 Å². The summed E-state index contributed by atoms with van der Waals surface area (Å²) in [5, 5.41) is 7.73. The fourth-order valence-electron chi connectivity index (χ4n) is 3.75. The number of aryl methyl sites for hydroxylation is 1. The normalized spacial score (nSPS) is 22.1. The van der Waals surface area contributed by atoms with Gasteiger partial charge in [-0.3, -0.25) is 4.68 Å². The van der Waals surface area contributed by atoms with Gasteiger partial charge in [0.15, 0.2) is 0 Å². The smallest absolute Gasteiger partial charge is 0.321 e. The molecule has 5 nitrogen and oxygen atoms in total. The third-order valence-electron chi connectivity index (χ3n) is 5.29. The van der Waals surface area contributed by atoms with Crippen molar-refractivity contribution < 1.29 is 4.79 Å². The van der Waals surface area contributed by atoms with Gasteiger partial charge in [-0.15, -0.1) is 0 Å². The Morgan fingerprint density at radius 3 is 2.38 bits per heavy atom. The number of aromatic nitrogens is 2. The second-order valence-electron chi connectivity index (χ2n) is 7.99. The van der Waals surface area contributed by atoms with E-state index in [0.29, 0.717) is 17.9 Å². The molecular formula is C19H34N4O. The van der Waals surface area contributed by atoms with Gasteiger partial charge in [0.2, 0.25) is 0 Å². The van der Waals surface area contributed by atoms with Crippen molar-refractivity contribution in [3.63, 3.8) is 0 Å². The van der Waals surface area contributed by atoms with Crippen LogP contribution in [0.25, 0.3) is 0 Å². The van der Waals surface area contributed by atoms with Gasteiger partial charge in [0.25, 0.3) is 0 Å². The zero-order valence-corrected chi connectivity index (χ0v) is 16.4. The van der Waals surface area contributed by atoms with Crippen LogP contribution in [0.15, 0.2) is 0 Å². The first-order valence-electron chi connectivity index (χ1n) is 9.35. The van der Waals surface area contributed by atoms with Gasteiger partial charge in [-0.05, 0) is 58.8 Å². The van der Waals surface area contributed by atoms with E-state index in [-0.39, 0.29) is 12.1 Å². The minimum Gasteiger partial charge on any atom is -0.321 e. The Labute approximate surface area is 146 Å². The summed E-state index contributed by atoms with van der Waals surface area (Å²) in [5.74, 6) is 1.16. The topological polar surface area (TPSA) is 50.2 Å². The highest BCUT2D eigenvalue weighted by molar-refractivity contribution is 5.90. The number of carbonyl (C=O) groups excluding carboxylic acids is 1. The largest absolute Gasteiger partial charge is 0.322 e. The molecule has 0 saturated carbocycles. The number of hydrogen-bond donors (Lipinski definition) is 1. The molecule has 2 heterocycles. The van der Waals surface area contributed by atoms with Crippen LogP contribution >= 0.6 is 0 Å². The van der Waals surface area contributed by atoms with Gasteiger partial charge < -0.3 is 10.2 Å². The van der Waals surface area contributed by atoms with Gasteiger partial charge in [-0.25, -0.2) is 4.79 Å². The van der Waals surface area contributed by atoms with Crippen LogP contribution in [0, 0.1) is 25.7 Å². The maximum Gasteiger partial charge on any atom is 0.322 e. The lowest BCUT2D eigenvalue weighted by Gasteiger charge is -2.33. The van der Waals surface area contributed by atoms with Gasteiger partial charge in [0, 0.05) is 18.6 Å². The summed E-state index contributed by atoms with van der Waals surface area (Å²) in [4.78, 5) is 15.1. The molecular weight excluding hydrogens is 300 g/mol. The first-order chi connectivity index (χ1) is 11.2. The summed E-state index contributed by atoms with van der Waals surface area (Å²) in [7, 11) is 0. The van der Waals surface area contributed by atoms with Crippen LogP contribution in [-0.2, 0) is 0 Å². The highest BCUT2D eigenvalue weighted by atomic mass is 16.2. The van der Waals surface area contributed by atoms with E-state index in [0.717, 1.165) is 36.5 Å². The minimum absolute atomic E-state index is 0.0253. The summed E-state index contributed by atoms with van der Waals surface area (Å²) in [6.45, 7) is 15.8. The van der Waals surface area contributed by atoms with E-state index in [1.54, 1.807) is 0 Å². The fourth-order valence-corrected chi connectivity index (χ4v) is 3.75. The average molecular weight is 335 g/mol. The molecule has 2 atom stereocenters. The van der Waals surface area contributed by atoms with E-state index >= 15 is 0 Å². The molecule has 1 aromatic rings. The number of urea groups is 1. The Bertz CT molecular complexity index is 576. The molecule has 2 amide bonds. The van der Waals surface area contributed by atoms with Crippen molar-refractivity contribution >= 4 is 11.7 Å². The standard InChI is InChI=1S/C19H34N4O/c1-12(2)17-9-8-14(5)10-11-22(17)19(24)20-18-15(6)21-23(13(3)4)16(18)7/h12-14,17H,8-11H2,1-7H3,(H,20,24)/t14-,17+/m1/s1. The highest BCUT2D eigenvalue weighted by Gasteiger charge is 2.30. The van der Waals surface area contributed by atoms with Crippen molar-refractivity contribution in [2.24, 2.45) is 11.8 Å². The molecule has 0 radical (unpaired) electrons. The molecule has 1 aliphatic rings. The molecule has 0 spiro atoms. The minimum atomic E-state index is 0.0253. The van der Waals surface area contributed by atoms with Crippen molar-refractivity contribution in [3.8, 4) is 0 Å². The lowest BCUT2D eigenvalue weighted by atomic mass is 9.95. The fraction of sp³-hybridized carbons (Fsp3) is 0.789. The maximum absolute atomic E-state index is 13.0. The Kier molecular flexibility index (Phi) is 5.94. The van der Waals surface area contributed by atoms with Crippen molar-refractivity contribution in [2.75, 3.05) is 11.9 Å². The molecule has 136 valence electrons. The first kappa shape index (κ1) is 18.8. The third kappa shape index (κ3) is 3.93. The zero-order valence-electron chi connectivity index (χ0n) is 16.4. The molecule has 0 bridgehead atoms. The molecule has 0 unspecified atom stereocenters. The van der Waals surface area contributed by atoms with Crippen LogP contribution in [0.1, 0.15) is 71.3 Å². The van der Waals surface area contributed by atoms with Crippen molar-refractivity contribution in [1.29, 1.82) is 0 Å². The molecule has 1 aliphatic heterocycles. The summed E-state index contributed by atoms with van der Waals surface area (Å²) < 4.78 is 1.98. The van der Waals surface area contributed by atoms with Gasteiger partial charge in [0.1, 0.15) is 0 Å². The van der Waals surface area contributed by atoms with Crippen LogP contribution in [0.2, 0.25) is 0 Å². The second kappa shape index (κ2) is 7.58. The van der Waals surface area contributed by atoms with E-state index in [9.17, 15) is 4.79 Å². The van der Waals surface area contributed by atoms with E-state index in [2.05, 4.69) is 49.9 Å². The van der Waals surface area contributed by atoms with Crippen molar-refractivity contribution in [1.82, 2.24) is 14.7 Å². The molecule has 2 rings (SSSR count). The molecule has 0 aliphatic carbocycles. The SMILES string of the molecule is Cc1nn(C(C)C)c(C)c1NC(=O)N1CC[C@H](C)CC[C@H]1C(C)C. The number of nitrogens with one attached hydrogen (secondary N) is 1. The summed E-state index contributed by atoms with van der Waals surface area (Å²) in [5.41, 5.74) is 2.78. The van der Waals surface area contributed by atoms with Crippen LogP contribution in [-0.4, -0.2) is 33.3 Å². The van der Waals surface area contributed by atoms with Crippen LogP contribution in [0.3, 0.4) is 0 Å². The summed E-state index contributed by atoms with van der Waals surface area (Å²) >= 11 is 0. The second-order valence-corrected chi connectivity index (χ2v) is 7.99. The summed E-state index contributed by atoms with van der Waals surface area (Å²) in [6, 6.07) is 0.629. The molecule has 24 heavy (non-hydrogen) atoms. The number of likely N-dealkylation sites (tertiary alicyclic amines) is 1. The predicted octanol–water partition coefficient (Wildman–Crippen LogP) is 4.76. The zero-order chi connectivity index (χ0) is 18.0. The van der Waals surface area contributed by atoms with Crippen LogP contribution < -0.4 is 5.32 Å². The van der Waals surface area contributed by atoms with Gasteiger partial charge in [-0.1, -0.05) is 20.8 Å². The number of amides is 2. The number of rotatable bonds is 3. The lowest BCUT2D eigenvalue weighted by Crippen LogP contribution is -2.45. The molecule has 5 heteroatoms. The van der Waals surface area contributed by atoms with Crippen molar-refractivity contribution in [2.45, 2.75) is 79.8 Å². The van der Waals surface area contributed by atoms with Crippen LogP contribution in [0.4, 0.5) is 10.5 Å². The Balaban J connectivity index is 2.21. The van der Waals surface area contributed by atoms with E-state index in [1.807, 2.05) is 18.5 Å². The molecule has 1 fully saturated rings. The number of carbonyl (C=O) groups is 1. The van der Waals surface area contributed by atoms with Crippen molar-refractivity contribution in [3.05, 3.63) is 11.4 Å². The van der Waals surface area contributed by atoms with Gasteiger partial charge >= 0.3 is 6.03 Å². The van der Waals surface area contributed by atoms with E-state index in [1.165, 1.54) is 6.42 Å². The Morgan fingerprint density at radius 2 is 1.83 bits per heavy atom. The molecule has 1 aromatic heterocycles. The van der Waals surface area contributed by atoms with E-state index < -0.39 is 0 Å². The Morgan fingerprint density at radius 1 is 1.17 bits per heavy atom. The van der Waals surface area contributed by atoms with E-state index in [4.69, 9.17) is 0 Å². The quantitative estimate of drug-likeness (QED) is 0.866. The van der Waals surface area contributed by atoms with Crippen LogP contribution in [0.5, 0.6) is 0 Å². The lowest BCUT2D eigenvalue weighted by molar-refractivity contribution is 0.168. The predicted molar refractivity (Wildman–Crippen MR) is 99.5 cm³/mol. The highest BCUT2D eigenvalue weighted by Crippen LogP contribution is 2.28. The molecule has 1 N–H and O–H groups in total. The molecule has 1 saturated heterocycles.